The highest BCUT2D eigenvalue weighted by molar-refractivity contribution is 6.04. The highest BCUT2D eigenvalue weighted by atomic mass is 16.5. The van der Waals surface area contributed by atoms with Gasteiger partial charge in [0.2, 0.25) is 5.91 Å². The predicted molar refractivity (Wildman–Crippen MR) is 63.9 cm³/mol. The van der Waals surface area contributed by atoms with Crippen LogP contribution in [0.15, 0.2) is 0 Å². The Morgan fingerprint density at radius 3 is 2.47 bits per heavy atom. The van der Waals surface area contributed by atoms with Crippen molar-refractivity contribution in [2.45, 2.75) is 19.9 Å². The summed E-state index contributed by atoms with van der Waals surface area (Å²) < 4.78 is 4.57. The summed E-state index contributed by atoms with van der Waals surface area (Å²) in [5.41, 5.74) is 0. The number of esters is 1. The highest BCUT2D eigenvalue weighted by Crippen LogP contribution is 2.04. The van der Waals surface area contributed by atoms with E-state index in [1.54, 1.807) is 13.8 Å². The van der Waals surface area contributed by atoms with E-state index < -0.39 is 36.4 Å². The minimum absolute atomic E-state index is 0.114. The number of carbonyl (C=O) groups is 4. The Labute approximate surface area is 110 Å². The zero-order valence-electron chi connectivity index (χ0n) is 11.1. The van der Waals surface area contributed by atoms with Crippen molar-refractivity contribution < 1.29 is 23.9 Å². The summed E-state index contributed by atoms with van der Waals surface area (Å²) in [6.45, 7) is 2.97. The fourth-order valence-electron chi connectivity index (χ4n) is 1.60. The van der Waals surface area contributed by atoms with Crippen molar-refractivity contribution in [3.63, 3.8) is 0 Å². The fraction of sp³-hybridized carbons (Fsp3) is 0.636. The molecule has 106 valence electrons. The first-order valence-corrected chi connectivity index (χ1v) is 5.82. The Morgan fingerprint density at radius 1 is 1.42 bits per heavy atom. The van der Waals surface area contributed by atoms with Gasteiger partial charge in [0.25, 0.3) is 5.91 Å². The predicted octanol–water partition coefficient (Wildman–Crippen LogP) is -1.15. The van der Waals surface area contributed by atoms with Crippen molar-refractivity contribution in [3.8, 4) is 0 Å². The Hall–Kier alpha value is -2.12. The average Bonchev–Trinajstić information content (AvgIpc) is 2.66. The third kappa shape index (κ3) is 3.67. The molecular formula is C11H17N3O5. The van der Waals surface area contributed by atoms with Crippen molar-refractivity contribution in [1.82, 2.24) is 15.5 Å². The van der Waals surface area contributed by atoms with Crippen LogP contribution in [0.25, 0.3) is 0 Å². The number of amides is 4. The van der Waals surface area contributed by atoms with Gasteiger partial charge in [-0.25, -0.2) is 9.59 Å². The van der Waals surface area contributed by atoms with E-state index in [-0.39, 0.29) is 12.5 Å². The standard InChI is InChI=1S/C11H17N3O5/c1-6(2)9(10(17)19-3)13-7(15)5-14-8(16)4-12-11(14)18/h6,9H,4-5H2,1-3H3,(H,12,18)(H,13,15). The maximum absolute atomic E-state index is 11.7. The van der Waals surface area contributed by atoms with Gasteiger partial charge in [0.15, 0.2) is 0 Å². The van der Waals surface area contributed by atoms with E-state index in [1.165, 1.54) is 7.11 Å². The molecule has 8 nitrogen and oxygen atoms in total. The maximum Gasteiger partial charge on any atom is 0.328 e. The molecule has 0 bridgehead atoms. The first kappa shape index (κ1) is 14.9. The van der Waals surface area contributed by atoms with Gasteiger partial charge in [0.1, 0.15) is 12.6 Å². The number of rotatable bonds is 5. The Kier molecular flexibility index (Phi) is 4.85. The Balaban J connectivity index is 2.60. The molecule has 1 aliphatic rings. The molecule has 1 atom stereocenters. The summed E-state index contributed by atoms with van der Waals surface area (Å²) in [6.07, 6.45) is 0. The molecule has 2 N–H and O–H groups in total. The second-order valence-electron chi connectivity index (χ2n) is 4.45. The van der Waals surface area contributed by atoms with Crippen LogP contribution in [0.3, 0.4) is 0 Å². The zero-order valence-corrected chi connectivity index (χ0v) is 11.1. The summed E-state index contributed by atoms with van der Waals surface area (Å²) in [6, 6.07) is -1.42. The molecule has 1 fully saturated rings. The van der Waals surface area contributed by atoms with Gasteiger partial charge >= 0.3 is 12.0 Å². The molecule has 0 aromatic rings. The quantitative estimate of drug-likeness (QED) is 0.485. The lowest BCUT2D eigenvalue weighted by molar-refractivity contribution is -0.146. The molecule has 0 spiro atoms. The number of hydrogen-bond donors (Lipinski definition) is 2. The molecule has 1 saturated heterocycles. The van der Waals surface area contributed by atoms with Crippen molar-refractivity contribution >= 4 is 23.8 Å². The molecule has 0 radical (unpaired) electrons. The summed E-state index contributed by atoms with van der Waals surface area (Å²) in [7, 11) is 1.22. The average molecular weight is 271 g/mol. The number of urea groups is 1. The van der Waals surface area contributed by atoms with Crippen LogP contribution in [0.4, 0.5) is 4.79 Å². The minimum atomic E-state index is -0.807. The molecule has 19 heavy (non-hydrogen) atoms. The third-order valence-electron chi connectivity index (χ3n) is 2.68. The Bertz CT molecular complexity index is 391. The van der Waals surface area contributed by atoms with Crippen LogP contribution in [0.1, 0.15) is 13.8 Å². The van der Waals surface area contributed by atoms with Crippen LogP contribution in [-0.2, 0) is 19.1 Å². The van der Waals surface area contributed by atoms with Crippen molar-refractivity contribution in [2.24, 2.45) is 5.92 Å². The van der Waals surface area contributed by atoms with E-state index in [0.717, 1.165) is 4.90 Å². The number of methoxy groups -OCH3 is 1. The minimum Gasteiger partial charge on any atom is -0.467 e. The zero-order chi connectivity index (χ0) is 14.6. The van der Waals surface area contributed by atoms with Gasteiger partial charge in [-0.2, -0.15) is 0 Å². The fourth-order valence-corrected chi connectivity index (χ4v) is 1.60. The van der Waals surface area contributed by atoms with Crippen LogP contribution < -0.4 is 10.6 Å². The van der Waals surface area contributed by atoms with Crippen molar-refractivity contribution in [3.05, 3.63) is 0 Å². The maximum atomic E-state index is 11.7. The summed E-state index contributed by atoms with van der Waals surface area (Å²) in [5.74, 6) is -1.80. The number of carbonyl (C=O) groups excluding carboxylic acids is 4. The highest BCUT2D eigenvalue weighted by Gasteiger charge is 2.32. The summed E-state index contributed by atoms with van der Waals surface area (Å²) >= 11 is 0. The monoisotopic (exact) mass is 271 g/mol. The SMILES string of the molecule is COC(=O)C(NC(=O)CN1C(=O)CNC1=O)C(C)C. The van der Waals surface area contributed by atoms with Gasteiger partial charge in [0, 0.05) is 0 Å². The van der Waals surface area contributed by atoms with E-state index in [0.29, 0.717) is 0 Å². The Morgan fingerprint density at radius 2 is 2.05 bits per heavy atom. The second kappa shape index (κ2) is 6.17. The molecule has 4 amide bonds. The van der Waals surface area contributed by atoms with Gasteiger partial charge in [-0.3, -0.25) is 14.5 Å². The van der Waals surface area contributed by atoms with E-state index in [4.69, 9.17) is 0 Å². The van der Waals surface area contributed by atoms with Gasteiger partial charge in [-0.05, 0) is 5.92 Å². The van der Waals surface area contributed by atoms with Crippen LogP contribution in [0, 0.1) is 5.92 Å². The van der Waals surface area contributed by atoms with Crippen LogP contribution in [-0.4, -0.2) is 55.0 Å². The molecule has 0 aromatic heterocycles. The van der Waals surface area contributed by atoms with Crippen LogP contribution in [0.5, 0.6) is 0 Å². The van der Waals surface area contributed by atoms with E-state index in [1.807, 2.05) is 0 Å². The number of nitrogens with zero attached hydrogens (tertiary/aromatic N) is 1. The molecule has 1 aliphatic heterocycles. The van der Waals surface area contributed by atoms with Crippen molar-refractivity contribution in [1.29, 1.82) is 0 Å². The number of nitrogens with one attached hydrogen (secondary N) is 2. The van der Waals surface area contributed by atoms with E-state index >= 15 is 0 Å². The molecule has 0 aromatic carbocycles. The number of ether oxygens (including phenoxy) is 1. The van der Waals surface area contributed by atoms with Gasteiger partial charge in [-0.1, -0.05) is 13.8 Å². The lowest BCUT2D eigenvalue weighted by atomic mass is 10.0. The van der Waals surface area contributed by atoms with Gasteiger partial charge < -0.3 is 15.4 Å². The normalized spacial score (nSPS) is 16.3. The number of hydrogen-bond acceptors (Lipinski definition) is 5. The molecule has 1 heterocycles. The smallest absolute Gasteiger partial charge is 0.328 e. The molecule has 8 heteroatoms. The van der Waals surface area contributed by atoms with E-state index in [9.17, 15) is 19.2 Å². The first-order valence-electron chi connectivity index (χ1n) is 5.82. The third-order valence-corrected chi connectivity index (χ3v) is 2.68. The molecule has 0 saturated carbocycles. The topological polar surface area (TPSA) is 105 Å². The van der Waals surface area contributed by atoms with E-state index in [2.05, 4.69) is 15.4 Å². The molecular weight excluding hydrogens is 254 g/mol. The van der Waals surface area contributed by atoms with Gasteiger partial charge in [0.05, 0.1) is 13.7 Å². The van der Waals surface area contributed by atoms with Crippen LogP contribution >= 0.6 is 0 Å². The first-order chi connectivity index (χ1) is 8.86. The van der Waals surface area contributed by atoms with Crippen LogP contribution in [0.2, 0.25) is 0 Å². The largest absolute Gasteiger partial charge is 0.467 e. The molecule has 0 aliphatic carbocycles. The number of imide groups is 1. The second-order valence-corrected chi connectivity index (χ2v) is 4.45. The summed E-state index contributed by atoms with van der Waals surface area (Å²) in [5, 5.41) is 4.75. The van der Waals surface area contributed by atoms with Gasteiger partial charge in [-0.15, -0.1) is 0 Å². The van der Waals surface area contributed by atoms with Crippen molar-refractivity contribution in [2.75, 3.05) is 20.2 Å². The lowest BCUT2D eigenvalue weighted by Gasteiger charge is -2.21. The summed E-state index contributed by atoms with van der Waals surface area (Å²) in [4.78, 5) is 46.5. The lowest BCUT2D eigenvalue weighted by Crippen LogP contribution is -2.49. The molecule has 1 unspecified atom stereocenters. The molecule has 1 rings (SSSR count).